The van der Waals surface area contributed by atoms with E-state index in [0.717, 1.165) is 37.8 Å². The van der Waals surface area contributed by atoms with Gasteiger partial charge in [0.2, 0.25) is 10.0 Å². The summed E-state index contributed by atoms with van der Waals surface area (Å²) in [5.41, 5.74) is 1.06. The van der Waals surface area contributed by atoms with Gasteiger partial charge in [-0.15, -0.1) is 11.3 Å². The fraction of sp³-hybridized carbons (Fsp3) is 0.733. The van der Waals surface area contributed by atoms with Crippen LogP contribution in [0, 0.1) is 0 Å². The van der Waals surface area contributed by atoms with E-state index in [4.69, 9.17) is 0 Å². The second-order valence-corrected chi connectivity index (χ2v) is 8.80. The van der Waals surface area contributed by atoms with Crippen molar-refractivity contribution in [3.63, 3.8) is 0 Å². The van der Waals surface area contributed by atoms with Crippen LogP contribution in [0.2, 0.25) is 0 Å². The van der Waals surface area contributed by atoms with E-state index in [-0.39, 0.29) is 6.04 Å². The topological polar surface area (TPSA) is 58.2 Å². The Morgan fingerprint density at radius 2 is 2.14 bits per heavy atom. The normalized spacial score (nSPS) is 17.0. The minimum absolute atomic E-state index is 0.00307. The Balaban J connectivity index is 1.85. The molecule has 6 heteroatoms. The number of hydrogen-bond acceptors (Lipinski definition) is 4. The van der Waals surface area contributed by atoms with Gasteiger partial charge in [-0.1, -0.05) is 26.2 Å². The van der Waals surface area contributed by atoms with Crippen LogP contribution < -0.4 is 10.0 Å². The molecule has 1 saturated carbocycles. The van der Waals surface area contributed by atoms with Gasteiger partial charge in [-0.3, -0.25) is 0 Å². The van der Waals surface area contributed by atoms with Gasteiger partial charge in [0.25, 0.3) is 0 Å². The molecular weight excluding hydrogens is 304 g/mol. The van der Waals surface area contributed by atoms with E-state index in [9.17, 15) is 8.42 Å². The van der Waals surface area contributed by atoms with Crippen LogP contribution in [-0.2, 0) is 16.6 Å². The van der Waals surface area contributed by atoms with Crippen LogP contribution in [0.1, 0.15) is 57.9 Å². The van der Waals surface area contributed by atoms with Gasteiger partial charge in [-0.2, -0.15) is 0 Å². The van der Waals surface area contributed by atoms with Crippen molar-refractivity contribution in [3.05, 3.63) is 17.0 Å². The zero-order chi connectivity index (χ0) is 15.3. The molecule has 0 amide bonds. The molecule has 1 aromatic heterocycles. The third-order valence-corrected chi connectivity index (χ3v) is 6.74. The molecule has 1 heterocycles. The fourth-order valence-electron chi connectivity index (χ4n) is 2.22. The number of unbranched alkanes of at least 4 members (excludes halogenated alkanes) is 2. The summed E-state index contributed by atoms with van der Waals surface area (Å²) in [6, 6.07) is 2.43. The maximum absolute atomic E-state index is 12.3. The lowest BCUT2D eigenvalue weighted by Gasteiger charge is -2.12. The van der Waals surface area contributed by atoms with Gasteiger partial charge in [0, 0.05) is 18.6 Å². The average Bonchev–Trinajstić information content (AvgIpc) is 3.12. The molecule has 0 aliphatic heterocycles. The van der Waals surface area contributed by atoms with Crippen LogP contribution >= 0.6 is 11.3 Å². The van der Waals surface area contributed by atoms with Crippen molar-refractivity contribution < 1.29 is 8.42 Å². The molecule has 2 N–H and O–H groups in total. The maximum Gasteiger partial charge on any atom is 0.250 e. The molecule has 120 valence electrons. The molecule has 4 nitrogen and oxygen atoms in total. The Kier molecular flexibility index (Phi) is 6.22. The van der Waals surface area contributed by atoms with Crippen LogP contribution in [-0.4, -0.2) is 20.5 Å². The van der Waals surface area contributed by atoms with Crippen LogP contribution in [0.5, 0.6) is 0 Å². The van der Waals surface area contributed by atoms with E-state index in [2.05, 4.69) is 17.0 Å². The Labute approximate surface area is 132 Å². The number of hydrogen-bond donors (Lipinski definition) is 2. The number of nitrogens with one attached hydrogen (secondary N) is 2. The van der Waals surface area contributed by atoms with Crippen molar-refractivity contribution >= 4 is 21.4 Å². The molecule has 0 bridgehead atoms. The molecule has 0 aromatic carbocycles. The van der Waals surface area contributed by atoms with E-state index in [1.807, 2.05) is 12.3 Å². The third-order valence-electron chi connectivity index (χ3n) is 3.66. The average molecular weight is 331 g/mol. The summed E-state index contributed by atoms with van der Waals surface area (Å²) in [4.78, 5) is 0. The summed E-state index contributed by atoms with van der Waals surface area (Å²) in [5.74, 6) is 0. The smallest absolute Gasteiger partial charge is 0.250 e. The first-order valence-electron chi connectivity index (χ1n) is 7.84. The van der Waals surface area contributed by atoms with E-state index in [0.29, 0.717) is 10.3 Å². The summed E-state index contributed by atoms with van der Waals surface area (Å²) in [6.07, 6.45) is 6.76. The van der Waals surface area contributed by atoms with Crippen molar-refractivity contribution in [2.45, 2.75) is 75.2 Å². The number of rotatable bonds is 10. The molecule has 1 fully saturated rings. The van der Waals surface area contributed by atoms with Gasteiger partial charge < -0.3 is 5.32 Å². The Morgan fingerprint density at radius 3 is 2.81 bits per heavy atom. The first-order valence-corrected chi connectivity index (χ1v) is 10.2. The summed E-state index contributed by atoms with van der Waals surface area (Å²) in [7, 11) is -3.36. The largest absolute Gasteiger partial charge is 0.310 e. The van der Waals surface area contributed by atoms with Gasteiger partial charge in [0.15, 0.2) is 0 Å². The highest BCUT2D eigenvalue weighted by Gasteiger charge is 2.22. The predicted molar refractivity (Wildman–Crippen MR) is 88.1 cm³/mol. The van der Waals surface area contributed by atoms with Crippen molar-refractivity contribution in [3.8, 4) is 0 Å². The van der Waals surface area contributed by atoms with E-state index in [1.54, 1.807) is 6.07 Å². The highest BCUT2D eigenvalue weighted by molar-refractivity contribution is 7.91. The lowest BCUT2D eigenvalue weighted by molar-refractivity contribution is 0.528. The van der Waals surface area contributed by atoms with Crippen molar-refractivity contribution in [2.24, 2.45) is 0 Å². The van der Waals surface area contributed by atoms with Crippen LogP contribution in [0.3, 0.4) is 0 Å². The molecule has 1 aromatic rings. The second-order valence-electron chi connectivity index (χ2n) is 5.95. The molecule has 21 heavy (non-hydrogen) atoms. The molecule has 1 atom stereocenters. The maximum atomic E-state index is 12.3. The lowest BCUT2D eigenvalue weighted by atomic mass is 10.1. The Bertz CT molecular complexity index is 536. The SMILES string of the molecule is CCCCCC(C)NS(=O)(=O)c1cc(CNC2CC2)cs1. The van der Waals surface area contributed by atoms with Gasteiger partial charge in [0.1, 0.15) is 4.21 Å². The van der Waals surface area contributed by atoms with Crippen LogP contribution in [0.4, 0.5) is 0 Å². The zero-order valence-electron chi connectivity index (χ0n) is 12.9. The quantitative estimate of drug-likeness (QED) is 0.648. The summed E-state index contributed by atoms with van der Waals surface area (Å²) in [5, 5.41) is 5.34. The lowest BCUT2D eigenvalue weighted by Crippen LogP contribution is -2.32. The first kappa shape index (κ1) is 16.9. The van der Waals surface area contributed by atoms with Crippen molar-refractivity contribution in [2.75, 3.05) is 0 Å². The van der Waals surface area contributed by atoms with Gasteiger partial charge in [0.05, 0.1) is 0 Å². The number of thiophene rings is 1. The molecule has 0 radical (unpaired) electrons. The van der Waals surface area contributed by atoms with Crippen molar-refractivity contribution in [1.29, 1.82) is 0 Å². The van der Waals surface area contributed by atoms with Gasteiger partial charge >= 0.3 is 0 Å². The first-order chi connectivity index (χ1) is 10.0. The summed E-state index contributed by atoms with van der Waals surface area (Å²) < 4.78 is 27.8. The van der Waals surface area contributed by atoms with E-state index < -0.39 is 10.0 Å². The molecule has 2 rings (SSSR count). The highest BCUT2D eigenvalue weighted by Crippen LogP contribution is 2.23. The third kappa shape index (κ3) is 5.70. The highest BCUT2D eigenvalue weighted by atomic mass is 32.2. The minimum atomic E-state index is -3.36. The standard InChI is InChI=1S/C15H26N2O2S2/c1-3-4-5-6-12(2)17-21(18,19)15-9-13(11-20-15)10-16-14-7-8-14/h9,11-12,14,16-17H,3-8,10H2,1-2H3. The molecular formula is C15H26N2O2S2. The number of sulfonamides is 1. The molecule has 0 saturated heterocycles. The van der Waals surface area contributed by atoms with Gasteiger partial charge in [-0.25, -0.2) is 13.1 Å². The molecule has 0 spiro atoms. The summed E-state index contributed by atoms with van der Waals surface area (Å²) >= 11 is 1.31. The minimum Gasteiger partial charge on any atom is -0.310 e. The summed E-state index contributed by atoms with van der Waals surface area (Å²) in [6.45, 7) is 4.86. The van der Waals surface area contributed by atoms with E-state index >= 15 is 0 Å². The molecule has 1 unspecified atom stereocenters. The molecule has 1 aliphatic rings. The Hall–Kier alpha value is -0.430. The fourth-order valence-corrected chi connectivity index (χ4v) is 4.72. The van der Waals surface area contributed by atoms with Crippen molar-refractivity contribution in [1.82, 2.24) is 10.0 Å². The van der Waals surface area contributed by atoms with E-state index in [1.165, 1.54) is 24.2 Å². The molecule has 1 aliphatic carbocycles. The zero-order valence-corrected chi connectivity index (χ0v) is 14.5. The Morgan fingerprint density at radius 1 is 1.38 bits per heavy atom. The predicted octanol–water partition coefficient (Wildman–Crippen LogP) is 3.25. The van der Waals surface area contributed by atoms with Gasteiger partial charge in [-0.05, 0) is 43.2 Å². The van der Waals surface area contributed by atoms with Crippen LogP contribution in [0.25, 0.3) is 0 Å². The van der Waals surface area contributed by atoms with Crippen LogP contribution in [0.15, 0.2) is 15.7 Å². The second kappa shape index (κ2) is 7.72. The monoisotopic (exact) mass is 330 g/mol.